The predicted octanol–water partition coefficient (Wildman–Crippen LogP) is 2.93. The number of benzene rings is 1. The van der Waals surface area contributed by atoms with Crippen molar-refractivity contribution in [1.29, 1.82) is 0 Å². The van der Waals surface area contributed by atoms with Gasteiger partial charge >= 0.3 is 6.09 Å². The first kappa shape index (κ1) is 16.5. The lowest BCUT2D eigenvalue weighted by atomic mass is 10.0. The van der Waals surface area contributed by atoms with E-state index in [1.165, 1.54) is 0 Å². The number of carbonyl (C=O) groups excluding carboxylic acids is 1. The number of carbonyl (C=O) groups is 1. The second-order valence-corrected chi connectivity index (χ2v) is 7.27. The highest BCUT2D eigenvalue weighted by Crippen LogP contribution is 2.23. The van der Waals surface area contributed by atoms with Gasteiger partial charge in [0.05, 0.1) is 18.1 Å². The molecule has 1 saturated heterocycles. The molecule has 130 valence electrons. The summed E-state index contributed by atoms with van der Waals surface area (Å²) in [4.78, 5) is 14.3. The van der Waals surface area contributed by atoms with Gasteiger partial charge < -0.3 is 14.7 Å². The molecule has 2 heterocycles. The molecule has 1 aliphatic rings. The Morgan fingerprint density at radius 1 is 1.38 bits per heavy atom. The Hall–Kier alpha value is -2.31. The van der Waals surface area contributed by atoms with E-state index in [9.17, 15) is 9.90 Å². The number of rotatable bonds is 2. The van der Waals surface area contributed by atoms with Crippen LogP contribution in [0.25, 0.3) is 11.0 Å². The second kappa shape index (κ2) is 6.30. The number of nitrogens with zero attached hydrogens (tertiary/aromatic N) is 4. The smallest absolute Gasteiger partial charge is 0.410 e. The van der Waals surface area contributed by atoms with Gasteiger partial charge in [-0.15, -0.1) is 5.10 Å². The molecule has 0 bridgehead atoms. The van der Waals surface area contributed by atoms with E-state index in [1.54, 1.807) is 22.9 Å². The molecule has 0 spiro atoms. The Labute approximate surface area is 141 Å². The van der Waals surface area contributed by atoms with Gasteiger partial charge in [-0.1, -0.05) is 5.21 Å². The van der Waals surface area contributed by atoms with Crippen LogP contribution in [0.2, 0.25) is 0 Å². The van der Waals surface area contributed by atoms with Gasteiger partial charge in [0.25, 0.3) is 0 Å². The number of likely N-dealkylation sites (tertiary alicyclic amines) is 1. The highest BCUT2D eigenvalue weighted by atomic mass is 16.6. The molecule has 3 rings (SSSR count). The number of phenolic OH excluding ortho intramolecular Hbond substituents is 1. The van der Waals surface area contributed by atoms with E-state index in [-0.39, 0.29) is 17.9 Å². The first-order valence-electron chi connectivity index (χ1n) is 8.35. The van der Waals surface area contributed by atoms with Crippen LogP contribution in [0.1, 0.15) is 40.0 Å². The van der Waals surface area contributed by atoms with Crippen LogP contribution in [0.5, 0.6) is 5.75 Å². The third-order valence-electron chi connectivity index (χ3n) is 4.14. The average molecular weight is 332 g/mol. The van der Waals surface area contributed by atoms with Crippen molar-refractivity contribution in [3.63, 3.8) is 0 Å². The Morgan fingerprint density at radius 2 is 2.17 bits per heavy atom. The summed E-state index contributed by atoms with van der Waals surface area (Å²) in [6.45, 7) is 6.90. The molecule has 1 atom stereocenters. The van der Waals surface area contributed by atoms with Crippen molar-refractivity contribution >= 4 is 17.1 Å². The van der Waals surface area contributed by atoms with Crippen LogP contribution in [-0.2, 0) is 11.3 Å². The van der Waals surface area contributed by atoms with Crippen molar-refractivity contribution in [3.05, 3.63) is 18.2 Å². The number of amides is 1. The zero-order chi connectivity index (χ0) is 17.3. The third kappa shape index (κ3) is 3.60. The number of piperidine rings is 1. The van der Waals surface area contributed by atoms with Gasteiger partial charge in [0, 0.05) is 12.6 Å². The van der Waals surface area contributed by atoms with E-state index in [4.69, 9.17) is 4.74 Å². The minimum atomic E-state index is -0.503. The number of aromatic nitrogens is 3. The zero-order valence-corrected chi connectivity index (χ0v) is 14.4. The van der Waals surface area contributed by atoms with E-state index in [0.717, 1.165) is 24.8 Å². The number of hydrogen-bond donors (Lipinski definition) is 1. The van der Waals surface area contributed by atoms with Gasteiger partial charge in [-0.25, -0.2) is 9.48 Å². The molecule has 1 aromatic heterocycles. The molecular weight excluding hydrogens is 308 g/mol. The van der Waals surface area contributed by atoms with Gasteiger partial charge in [0.15, 0.2) is 0 Å². The van der Waals surface area contributed by atoms with Crippen molar-refractivity contribution in [2.75, 3.05) is 6.54 Å². The molecule has 7 heteroatoms. The molecule has 2 aromatic rings. The van der Waals surface area contributed by atoms with Crippen molar-refractivity contribution in [2.24, 2.45) is 0 Å². The standard InChI is InChI=1S/C17H24N4O3/c1-17(2,3)24-16(23)20-9-5-4-6-12(20)11-21-15-8-7-13(22)10-14(15)18-19-21/h7-8,10,12,22H,4-6,9,11H2,1-3H3. The van der Waals surface area contributed by atoms with Crippen LogP contribution in [0, 0.1) is 0 Å². The van der Waals surface area contributed by atoms with Crippen LogP contribution in [0.3, 0.4) is 0 Å². The Morgan fingerprint density at radius 3 is 2.92 bits per heavy atom. The Kier molecular flexibility index (Phi) is 4.34. The average Bonchev–Trinajstić information content (AvgIpc) is 2.88. The number of hydrogen-bond acceptors (Lipinski definition) is 5. The fraction of sp³-hybridized carbons (Fsp3) is 0.588. The van der Waals surface area contributed by atoms with Crippen LogP contribution in [-0.4, -0.2) is 49.3 Å². The van der Waals surface area contributed by atoms with Crippen LogP contribution >= 0.6 is 0 Å². The lowest BCUT2D eigenvalue weighted by Gasteiger charge is -2.36. The molecule has 24 heavy (non-hydrogen) atoms. The lowest BCUT2D eigenvalue weighted by molar-refractivity contribution is 0.00748. The summed E-state index contributed by atoms with van der Waals surface area (Å²) in [6.07, 6.45) is 2.71. The van der Waals surface area contributed by atoms with Gasteiger partial charge in [-0.2, -0.15) is 0 Å². The zero-order valence-electron chi connectivity index (χ0n) is 14.4. The first-order valence-corrected chi connectivity index (χ1v) is 8.35. The maximum absolute atomic E-state index is 12.5. The molecule has 1 N–H and O–H groups in total. The maximum atomic E-state index is 12.5. The van der Waals surface area contributed by atoms with Gasteiger partial charge in [-0.3, -0.25) is 0 Å². The molecule has 0 radical (unpaired) electrons. The predicted molar refractivity (Wildman–Crippen MR) is 89.8 cm³/mol. The molecule has 1 unspecified atom stereocenters. The molecule has 1 fully saturated rings. The highest BCUT2D eigenvalue weighted by molar-refractivity contribution is 5.76. The van der Waals surface area contributed by atoms with E-state index in [2.05, 4.69) is 10.3 Å². The molecule has 0 saturated carbocycles. The van der Waals surface area contributed by atoms with Crippen molar-refractivity contribution in [2.45, 2.75) is 58.2 Å². The summed E-state index contributed by atoms with van der Waals surface area (Å²) >= 11 is 0. The monoisotopic (exact) mass is 332 g/mol. The molecule has 1 amide bonds. The number of aromatic hydroxyl groups is 1. The topological polar surface area (TPSA) is 80.5 Å². The SMILES string of the molecule is CC(C)(C)OC(=O)N1CCCCC1Cn1nnc2cc(O)ccc21. The highest BCUT2D eigenvalue weighted by Gasteiger charge is 2.31. The van der Waals surface area contributed by atoms with Crippen LogP contribution < -0.4 is 0 Å². The van der Waals surface area contributed by atoms with Gasteiger partial charge in [0.1, 0.15) is 16.9 Å². The van der Waals surface area contributed by atoms with E-state index >= 15 is 0 Å². The summed E-state index contributed by atoms with van der Waals surface area (Å²) in [6, 6.07) is 5.04. The lowest BCUT2D eigenvalue weighted by Crippen LogP contribution is -2.48. The summed E-state index contributed by atoms with van der Waals surface area (Å²) in [5, 5.41) is 17.8. The largest absolute Gasteiger partial charge is 0.508 e. The minimum Gasteiger partial charge on any atom is -0.508 e. The van der Waals surface area contributed by atoms with E-state index in [0.29, 0.717) is 18.6 Å². The fourth-order valence-electron chi connectivity index (χ4n) is 3.05. The number of ether oxygens (including phenoxy) is 1. The van der Waals surface area contributed by atoms with Crippen molar-refractivity contribution < 1.29 is 14.6 Å². The Bertz CT molecular complexity index is 735. The Balaban J connectivity index is 1.79. The summed E-state index contributed by atoms with van der Waals surface area (Å²) < 4.78 is 7.33. The second-order valence-electron chi connectivity index (χ2n) is 7.27. The van der Waals surface area contributed by atoms with Crippen molar-refractivity contribution in [3.8, 4) is 5.75 Å². The quantitative estimate of drug-likeness (QED) is 0.914. The van der Waals surface area contributed by atoms with Crippen LogP contribution in [0.4, 0.5) is 4.79 Å². The third-order valence-corrected chi connectivity index (χ3v) is 4.14. The number of fused-ring (bicyclic) bond motifs is 1. The molecule has 7 nitrogen and oxygen atoms in total. The number of phenols is 1. The van der Waals surface area contributed by atoms with E-state index < -0.39 is 5.60 Å². The summed E-state index contributed by atoms with van der Waals surface area (Å²) in [7, 11) is 0. The fourth-order valence-corrected chi connectivity index (χ4v) is 3.05. The molecular formula is C17H24N4O3. The van der Waals surface area contributed by atoms with Gasteiger partial charge in [0.2, 0.25) is 0 Å². The minimum absolute atomic E-state index is 0.0345. The summed E-state index contributed by atoms with van der Waals surface area (Å²) in [5.41, 5.74) is 0.994. The molecule has 0 aliphatic carbocycles. The first-order chi connectivity index (χ1) is 11.3. The molecule has 1 aliphatic heterocycles. The van der Waals surface area contributed by atoms with E-state index in [1.807, 2.05) is 25.7 Å². The molecule has 1 aromatic carbocycles. The maximum Gasteiger partial charge on any atom is 0.410 e. The van der Waals surface area contributed by atoms with Crippen LogP contribution in [0.15, 0.2) is 18.2 Å². The van der Waals surface area contributed by atoms with Gasteiger partial charge in [-0.05, 0) is 52.2 Å². The normalized spacial score (nSPS) is 18.8. The summed E-state index contributed by atoms with van der Waals surface area (Å²) in [5.74, 6) is 0.169. The van der Waals surface area contributed by atoms with Crippen molar-refractivity contribution in [1.82, 2.24) is 19.9 Å².